The van der Waals surface area contributed by atoms with Crippen molar-refractivity contribution in [3.8, 4) is 11.5 Å². The van der Waals surface area contributed by atoms with Crippen molar-refractivity contribution in [2.24, 2.45) is 0 Å². The van der Waals surface area contributed by atoms with Gasteiger partial charge in [0.2, 0.25) is 10.0 Å². The molecule has 0 aromatic heterocycles. The first-order valence-corrected chi connectivity index (χ1v) is 11.5. The molecule has 1 fully saturated rings. The summed E-state index contributed by atoms with van der Waals surface area (Å²) < 4.78 is 33.6. The van der Waals surface area contributed by atoms with Crippen LogP contribution in [0.25, 0.3) is 0 Å². The Morgan fingerprint density at radius 1 is 0.906 bits per heavy atom. The van der Waals surface area contributed by atoms with E-state index in [9.17, 15) is 18.3 Å². The van der Waals surface area contributed by atoms with Gasteiger partial charge in [-0.25, -0.2) is 13.2 Å². The molecule has 1 heterocycles. The fraction of sp³-hybridized carbons (Fsp3) is 0.174. The molecule has 3 N–H and O–H groups in total. The summed E-state index contributed by atoms with van der Waals surface area (Å²) in [6.45, 7) is 1.26. The lowest BCUT2D eigenvalue weighted by Crippen LogP contribution is -2.49. The molecule has 8 nitrogen and oxygen atoms in total. The van der Waals surface area contributed by atoms with Gasteiger partial charge < -0.3 is 20.5 Å². The Morgan fingerprint density at radius 2 is 1.59 bits per heavy atom. The summed E-state index contributed by atoms with van der Waals surface area (Å²) in [5.41, 5.74) is 7.16. The molecular weight excluding hydrogens is 430 g/mol. The molecule has 0 amide bonds. The number of nitrogens with two attached hydrogens (primary N) is 1. The number of carbonyl (C=O) groups is 1. The average Bonchev–Trinajstić information content (AvgIpc) is 2.81. The highest BCUT2D eigenvalue weighted by Crippen LogP contribution is 2.30. The fourth-order valence-corrected chi connectivity index (χ4v) is 5.11. The Bertz CT molecular complexity index is 1240. The van der Waals surface area contributed by atoms with E-state index in [4.69, 9.17) is 10.5 Å². The first-order valence-electron chi connectivity index (χ1n) is 10.1. The largest absolute Gasteiger partial charge is 0.478 e. The van der Waals surface area contributed by atoms with Crippen molar-refractivity contribution in [1.82, 2.24) is 4.31 Å². The number of piperazine rings is 1. The maximum absolute atomic E-state index is 13.2. The van der Waals surface area contributed by atoms with E-state index >= 15 is 0 Å². The molecule has 0 spiro atoms. The maximum Gasteiger partial charge on any atom is 0.337 e. The van der Waals surface area contributed by atoms with Gasteiger partial charge in [-0.1, -0.05) is 30.3 Å². The standard InChI is InChI=1S/C23H23N3O5S/c24-20-9-2-4-11-22(20)31-17-6-5-7-18(16-17)32(29,30)26-14-12-25(13-15-26)21-10-3-1-8-19(21)23(27)28/h1-11,16H,12-15,24H2,(H,27,28). The van der Waals surface area contributed by atoms with E-state index in [1.54, 1.807) is 60.7 Å². The number of aromatic carboxylic acids is 1. The predicted octanol–water partition coefficient (Wildman–Crippen LogP) is 3.27. The molecule has 166 valence electrons. The van der Waals surface area contributed by atoms with Crippen LogP contribution in [-0.2, 0) is 10.0 Å². The van der Waals surface area contributed by atoms with Gasteiger partial charge in [0.1, 0.15) is 11.5 Å². The fourth-order valence-electron chi connectivity index (χ4n) is 3.65. The monoisotopic (exact) mass is 453 g/mol. The van der Waals surface area contributed by atoms with E-state index in [1.807, 2.05) is 4.90 Å². The van der Waals surface area contributed by atoms with Crippen LogP contribution >= 0.6 is 0 Å². The summed E-state index contributed by atoms with van der Waals surface area (Å²) in [5, 5.41) is 9.42. The highest BCUT2D eigenvalue weighted by atomic mass is 32.2. The summed E-state index contributed by atoms with van der Waals surface area (Å²) in [7, 11) is -3.74. The van der Waals surface area contributed by atoms with Crippen molar-refractivity contribution in [3.05, 3.63) is 78.4 Å². The number of ether oxygens (including phenoxy) is 1. The Labute approximate surface area is 186 Å². The van der Waals surface area contributed by atoms with Crippen LogP contribution in [0.3, 0.4) is 0 Å². The van der Waals surface area contributed by atoms with Crippen molar-refractivity contribution >= 4 is 27.4 Å². The zero-order valence-corrected chi connectivity index (χ0v) is 18.0. The number of nitrogens with zero attached hydrogens (tertiary/aromatic N) is 2. The van der Waals surface area contributed by atoms with Crippen molar-refractivity contribution < 1.29 is 23.1 Å². The van der Waals surface area contributed by atoms with E-state index in [-0.39, 0.29) is 23.5 Å². The number of carboxylic acid groups (broad SMARTS) is 1. The SMILES string of the molecule is Nc1ccccc1Oc1cccc(S(=O)(=O)N2CCN(c3ccccc3C(=O)O)CC2)c1. The van der Waals surface area contributed by atoms with Gasteiger partial charge in [-0.2, -0.15) is 4.31 Å². The number of para-hydroxylation sites is 3. The minimum atomic E-state index is -3.74. The van der Waals surface area contributed by atoms with Crippen molar-refractivity contribution in [2.45, 2.75) is 4.90 Å². The van der Waals surface area contributed by atoms with Crippen LogP contribution in [0.2, 0.25) is 0 Å². The molecule has 0 bridgehead atoms. The van der Waals surface area contributed by atoms with Crippen LogP contribution in [0.4, 0.5) is 11.4 Å². The quantitative estimate of drug-likeness (QED) is 0.551. The zero-order valence-electron chi connectivity index (χ0n) is 17.2. The smallest absolute Gasteiger partial charge is 0.337 e. The molecule has 9 heteroatoms. The van der Waals surface area contributed by atoms with Gasteiger partial charge in [0, 0.05) is 32.2 Å². The summed E-state index contributed by atoms with van der Waals surface area (Å²) in [6.07, 6.45) is 0. The third kappa shape index (κ3) is 4.39. The summed E-state index contributed by atoms with van der Waals surface area (Å²) in [4.78, 5) is 13.5. The minimum Gasteiger partial charge on any atom is -0.478 e. The number of anilines is 2. The van der Waals surface area contributed by atoms with Gasteiger partial charge in [-0.05, 0) is 36.4 Å². The molecule has 0 saturated carbocycles. The molecule has 1 saturated heterocycles. The third-order valence-electron chi connectivity index (χ3n) is 5.30. The number of rotatable bonds is 6. The third-order valence-corrected chi connectivity index (χ3v) is 7.20. The highest BCUT2D eigenvalue weighted by Gasteiger charge is 2.30. The predicted molar refractivity (Wildman–Crippen MR) is 122 cm³/mol. The van der Waals surface area contributed by atoms with Crippen LogP contribution in [0.5, 0.6) is 11.5 Å². The van der Waals surface area contributed by atoms with Crippen LogP contribution < -0.4 is 15.4 Å². The van der Waals surface area contributed by atoms with Crippen LogP contribution in [0.15, 0.2) is 77.7 Å². The second-order valence-corrected chi connectivity index (χ2v) is 9.27. The van der Waals surface area contributed by atoms with Gasteiger partial charge in [-0.15, -0.1) is 0 Å². The number of hydrogen-bond donors (Lipinski definition) is 2. The van der Waals surface area contributed by atoms with Gasteiger partial charge >= 0.3 is 5.97 Å². The summed E-state index contributed by atoms with van der Waals surface area (Å²) in [6, 6.07) is 20.0. The Hall–Kier alpha value is -3.56. The molecule has 1 aliphatic heterocycles. The topological polar surface area (TPSA) is 113 Å². The van der Waals surface area contributed by atoms with Crippen molar-refractivity contribution in [3.63, 3.8) is 0 Å². The van der Waals surface area contributed by atoms with Crippen molar-refractivity contribution in [1.29, 1.82) is 0 Å². The lowest BCUT2D eigenvalue weighted by molar-refractivity contribution is 0.0697. The minimum absolute atomic E-state index is 0.129. The molecule has 0 unspecified atom stereocenters. The van der Waals surface area contributed by atoms with Crippen LogP contribution in [0.1, 0.15) is 10.4 Å². The molecule has 32 heavy (non-hydrogen) atoms. The highest BCUT2D eigenvalue weighted by molar-refractivity contribution is 7.89. The summed E-state index contributed by atoms with van der Waals surface area (Å²) in [5.74, 6) is -0.183. The molecule has 0 radical (unpaired) electrons. The average molecular weight is 454 g/mol. The molecule has 0 atom stereocenters. The number of hydrogen-bond acceptors (Lipinski definition) is 6. The van der Waals surface area contributed by atoms with Gasteiger partial charge in [0.25, 0.3) is 0 Å². The van der Waals surface area contributed by atoms with E-state index in [0.29, 0.717) is 36.0 Å². The maximum atomic E-state index is 13.2. The Balaban J connectivity index is 1.50. The van der Waals surface area contributed by atoms with Gasteiger partial charge in [0.15, 0.2) is 0 Å². The number of nitrogen functional groups attached to an aromatic ring is 1. The number of benzene rings is 3. The van der Waals surface area contributed by atoms with E-state index < -0.39 is 16.0 Å². The first kappa shape index (κ1) is 21.7. The Kier molecular flexibility index (Phi) is 6.02. The lowest BCUT2D eigenvalue weighted by atomic mass is 10.1. The van der Waals surface area contributed by atoms with E-state index in [1.165, 1.54) is 16.4 Å². The van der Waals surface area contributed by atoms with Crippen LogP contribution in [-0.4, -0.2) is 50.0 Å². The second kappa shape index (κ2) is 8.89. The van der Waals surface area contributed by atoms with Gasteiger partial charge in [0.05, 0.1) is 21.8 Å². The number of sulfonamides is 1. The molecule has 3 aromatic rings. The Morgan fingerprint density at radius 3 is 2.31 bits per heavy atom. The zero-order chi connectivity index (χ0) is 22.7. The molecular formula is C23H23N3O5S. The molecule has 1 aliphatic rings. The first-order chi connectivity index (χ1) is 15.4. The van der Waals surface area contributed by atoms with Gasteiger partial charge in [-0.3, -0.25) is 0 Å². The second-order valence-electron chi connectivity index (χ2n) is 7.33. The lowest BCUT2D eigenvalue weighted by Gasteiger charge is -2.36. The van der Waals surface area contributed by atoms with E-state index in [2.05, 4.69) is 0 Å². The molecule has 0 aliphatic carbocycles. The number of carboxylic acids is 1. The van der Waals surface area contributed by atoms with E-state index in [0.717, 1.165) is 0 Å². The molecule has 4 rings (SSSR count). The summed E-state index contributed by atoms with van der Waals surface area (Å²) >= 11 is 0. The molecule has 3 aromatic carbocycles. The van der Waals surface area contributed by atoms with Crippen LogP contribution in [0, 0.1) is 0 Å². The van der Waals surface area contributed by atoms with Crippen molar-refractivity contribution in [2.75, 3.05) is 36.8 Å². The normalized spacial score (nSPS) is 14.8.